The molecule has 0 bridgehead atoms. The lowest BCUT2D eigenvalue weighted by Crippen LogP contribution is -2.16. The van der Waals surface area contributed by atoms with E-state index in [1.54, 1.807) is 11.8 Å². The first kappa shape index (κ1) is 11.9. The third-order valence-electron chi connectivity index (χ3n) is 1.14. The molecule has 0 aromatic heterocycles. The van der Waals surface area contributed by atoms with E-state index in [9.17, 15) is 0 Å². The molecule has 0 heterocycles. The van der Waals surface area contributed by atoms with Gasteiger partial charge in [0.2, 0.25) is 0 Å². The largest absolute Gasteiger partial charge is 0.394 e. The second kappa shape index (κ2) is 6.46. The van der Waals surface area contributed by atoms with Crippen LogP contribution >= 0.6 is 11.8 Å². The Balaban J connectivity index is 3.68. The highest BCUT2D eigenvalue weighted by molar-refractivity contribution is 8.14. The molecule has 3 nitrogen and oxygen atoms in total. The Morgan fingerprint density at radius 2 is 2.08 bits per heavy atom. The first-order valence-corrected chi connectivity index (χ1v) is 4.90. The highest BCUT2D eigenvalue weighted by Gasteiger charge is 2.01. The van der Waals surface area contributed by atoms with Crippen molar-refractivity contribution in [2.24, 2.45) is 4.99 Å². The summed E-state index contributed by atoms with van der Waals surface area (Å²) < 4.78 is 0. The minimum absolute atomic E-state index is 0.219. The van der Waals surface area contributed by atoms with Crippen molar-refractivity contribution in [2.75, 3.05) is 13.2 Å². The molecule has 0 aromatic carbocycles. The van der Waals surface area contributed by atoms with Crippen molar-refractivity contribution in [1.29, 1.82) is 0 Å². The molecule has 72 valence electrons. The van der Waals surface area contributed by atoms with Crippen LogP contribution in [0.25, 0.3) is 0 Å². The van der Waals surface area contributed by atoms with Gasteiger partial charge in [-0.25, -0.2) is 0 Å². The number of hydrogen-bond acceptors (Lipinski definition) is 4. The highest BCUT2D eigenvalue weighted by Crippen LogP contribution is 2.11. The van der Waals surface area contributed by atoms with Crippen LogP contribution in [-0.2, 0) is 0 Å². The lowest BCUT2D eigenvalue weighted by atomic mass is 10.4. The highest BCUT2D eigenvalue weighted by atomic mass is 32.2. The summed E-state index contributed by atoms with van der Waals surface area (Å²) in [6.45, 7) is 6.16. The fourth-order valence-corrected chi connectivity index (χ4v) is 1.50. The minimum atomic E-state index is -0.715. The molecule has 0 aliphatic heterocycles. The van der Waals surface area contributed by atoms with Crippen LogP contribution in [0.2, 0.25) is 0 Å². The van der Waals surface area contributed by atoms with Crippen molar-refractivity contribution in [3.8, 4) is 0 Å². The van der Waals surface area contributed by atoms with Crippen LogP contribution in [-0.4, -0.2) is 39.8 Å². The molecule has 1 atom stereocenters. The average molecular weight is 191 g/mol. The van der Waals surface area contributed by atoms with Crippen molar-refractivity contribution in [3.05, 3.63) is 0 Å². The molecule has 0 radical (unpaired) electrons. The predicted molar refractivity (Wildman–Crippen MR) is 53.8 cm³/mol. The van der Waals surface area contributed by atoms with Crippen LogP contribution in [0.1, 0.15) is 20.8 Å². The van der Waals surface area contributed by atoms with Crippen LogP contribution in [0.5, 0.6) is 0 Å². The van der Waals surface area contributed by atoms with Gasteiger partial charge in [-0.3, -0.25) is 4.99 Å². The van der Waals surface area contributed by atoms with E-state index in [1.165, 1.54) is 0 Å². The molecule has 4 heteroatoms. The van der Waals surface area contributed by atoms with Gasteiger partial charge in [-0.15, -0.1) is 11.8 Å². The van der Waals surface area contributed by atoms with E-state index in [-0.39, 0.29) is 6.61 Å². The smallest absolute Gasteiger partial charge is 0.0965 e. The number of rotatable bonds is 4. The van der Waals surface area contributed by atoms with Gasteiger partial charge in [0.1, 0.15) is 0 Å². The third kappa shape index (κ3) is 6.64. The molecule has 0 aliphatic carbocycles. The zero-order valence-corrected chi connectivity index (χ0v) is 8.64. The van der Waals surface area contributed by atoms with Gasteiger partial charge < -0.3 is 10.2 Å². The quantitative estimate of drug-likeness (QED) is 0.513. The summed E-state index contributed by atoms with van der Waals surface area (Å²) in [6, 6.07) is 0. The Morgan fingerprint density at radius 3 is 2.50 bits per heavy atom. The molecular formula is C8H17NO2S. The molecule has 12 heavy (non-hydrogen) atoms. The second-order valence-electron chi connectivity index (χ2n) is 2.86. The molecule has 0 aliphatic rings. The van der Waals surface area contributed by atoms with E-state index in [2.05, 4.69) is 18.8 Å². The van der Waals surface area contributed by atoms with Gasteiger partial charge in [0.25, 0.3) is 0 Å². The van der Waals surface area contributed by atoms with E-state index in [1.807, 2.05) is 6.92 Å². The average Bonchev–Trinajstić information content (AvgIpc) is 1.99. The maximum atomic E-state index is 8.97. The topological polar surface area (TPSA) is 52.8 Å². The number of aliphatic imine (C=N–C) groups is 1. The summed E-state index contributed by atoms with van der Waals surface area (Å²) in [6.07, 6.45) is -0.715. The van der Waals surface area contributed by atoms with Gasteiger partial charge in [0.15, 0.2) is 0 Å². The van der Waals surface area contributed by atoms with Gasteiger partial charge in [-0.1, -0.05) is 13.8 Å². The third-order valence-corrected chi connectivity index (χ3v) is 2.08. The number of hydrogen-bond donors (Lipinski definition) is 2. The maximum Gasteiger partial charge on any atom is 0.0965 e. The number of nitrogens with zero attached hydrogens (tertiary/aromatic N) is 1. The second-order valence-corrected chi connectivity index (χ2v) is 4.63. The molecular weight excluding hydrogens is 174 g/mol. The Labute approximate surface area is 77.9 Å². The lowest BCUT2D eigenvalue weighted by molar-refractivity contribution is 0.102. The first-order valence-electron chi connectivity index (χ1n) is 4.03. The summed E-state index contributed by atoms with van der Waals surface area (Å²) >= 11 is 1.66. The fourth-order valence-electron chi connectivity index (χ4n) is 0.670. The molecule has 0 aromatic rings. The molecule has 0 saturated carbocycles. The normalized spacial score (nSPS) is 15.3. The van der Waals surface area contributed by atoms with Crippen molar-refractivity contribution >= 4 is 16.8 Å². The maximum absolute atomic E-state index is 8.97. The molecule has 1 unspecified atom stereocenters. The van der Waals surface area contributed by atoms with Crippen LogP contribution < -0.4 is 0 Å². The van der Waals surface area contributed by atoms with Gasteiger partial charge in [0, 0.05) is 5.25 Å². The zero-order valence-electron chi connectivity index (χ0n) is 7.82. The molecule has 0 rings (SSSR count). The molecule has 0 fully saturated rings. The van der Waals surface area contributed by atoms with Crippen molar-refractivity contribution in [3.63, 3.8) is 0 Å². The van der Waals surface area contributed by atoms with Crippen molar-refractivity contribution < 1.29 is 10.2 Å². The number of aliphatic hydroxyl groups is 2. The van der Waals surface area contributed by atoms with Gasteiger partial charge in [0.05, 0.1) is 24.3 Å². The Hall–Kier alpha value is -0.0600. The summed E-state index contributed by atoms with van der Waals surface area (Å²) in [5.41, 5.74) is 0. The Kier molecular flexibility index (Phi) is 6.42. The van der Waals surface area contributed by atoms with E-state index < -0.39 is 6.10 Å². The summed E-state index contributed by atoms with van der Waals surface area (Å²) in [7, 11) is 0. The van der Waals surface area contributed by atoms with Crippen molar-refractivity contribution in [1.82, 2.24) is 0 Å². The Morgan fingerprint density at radius 1 is 1.50 bits per heavy atom. The van der Waals surface area contributed by atoms with Crippen molar-refractivity contribution in [2.45, 2.75) is 32.1 Å². The van der Waals surface area contributed by atoms with E-state index in [0.717, 1.165) is 5.04 Å². The fraction of sp³-hybridized carbons (Fsp3) is 0.875. The standard InChI is InChI=1S/C8H17NO2S/c1-6(2)12-7(3)9-4-8(11)5-10/h6,8,10-11H,4-5H2,1-3H3/b9-7-. The van der Waals surface area contributed by atoms with E-state index >= 15 is 0 Å². The first-order chi connectivity index (χ1) is 5.56. The molecule has 0 saturated heterocycles. The predicted octanol–water partition coefficient (Wildman–Crippen LogP) is 0.900. The van der Waals surface area contributed by atoms with Gasteiger partial charge in [-0.2, -0.15) is 0 Å². The van der Waals surface area contributed by atoms with Crippen LogP contribution in [0.3, 0.4) is 0 Å². The number of thioether (sulfide) groups is 1. The molecule has 0 amide bonds. The number of aliphatic hydroxyl groups excluding tert-OH is 2. The van der Waals surface area contributed by atoms with E-state index in [0.29, 0.717) is 11.8 Å². The molecule has 2 N–H and O–H groups in total. The Bertz CT molecular complexity index is 148. The zero-order chi connectivity index (χ0) is 9.56. The summed E-state index contributed by atoms with van der Waals surface area (Å²) in [5.74, 6) is 0. The minimum Gasteiger partial charge on any atom is -0.394 e. The summed E-state index contributed by atoms with van der Waals surface area (Å²) in [4.78, 5) is 4.10. The lowest BCUT2D eigenvalue weighted by Gasteiger charge is -2.05. The van der Waals surface area contributed by atoms with Crippen LogP contribution in [0.15, 0.2) is 4.99 Å². The molecule has 0 spiro atoms. The van der Waals surface area contributed by atoms with Crippen LogP contribution in [0, 0.1) is 0 Å². The summed E-state index contributed by atoms with van der Waals surface area (Å²) in [5, 5.41) is 18.9. The SMILES string of the molecule is C/C(=N/CC(O)CO)SC(C)C. The van der Waals surface area contributed by atoms with Crippen LogP contribution in [0.4, 0.5) is 0 Å². The van der Waals surface area contributed by atoms with E-state index in [4.69, 9.17) is 10.2 Å². The van der Waals surface area contributed by atoms with Gasteiger partial charge in [-0.05, 0) is 6.92 Å². The monoisotopic (exact) mass is 191 g/mol. The van der Waals surface area contributed by atoms with Gasteiger partial charge >= 0.3 is 0 Å².